The van der Waals surface area contributed by atoms with Crippen LogP contribution in [0.2, 0.25) is 0 Å². The number of amides is 2. The zero-order valence-electron chi connectivity index (χ0n) is 75.9. The van der Waals surface area contributed by atoms with E-state index < -0.39 is 47.4 Å². The number of piperidine rings is 3. The third-order valence-electron chi connectivity index (χ3n) is 21.2. The molecule has 1 aromatic carbocycles. The summed E-state index contributed by atoms with van der Waals surface area (Å²) in [5.41, 5.74) is 41.5. The molecule has 0 bridgehead atoms. The molecule has 9 atom stereocenters. The number of carboxylic acids is 2. The Morgan fingerprint density at radius 1 is 0.612 bits per heavy atom. The van der Waals surface area contributed by atoms with Gasteiger partial charge >= 0.3 is 53.7 Å². The number of Topliss-reactive ketones (excluding diaryl/α,β-unsaturated/α-hetero) is 3. The monoisotopic (exact) mass is 2170 g/mol. The van der Waals surface area contributed by atoms with E-state index in [0.29, 0.717) is 121 Å². The van der Waals surface area contributed by atoms with Crippen molar-refractivity contribution in [2.24, 2.45) is 31.6 Å². The number of terminal acetylenes is 4. The summed E-state index contributed by atoms with van der Waals surface area (Å²) in [4.78, 5) is 122. The van der Waals surface area contributed by atoms with Gasteiger partial charge in [0.1, 0.15) is 85.2 Å². The van der Waals surface area contributed by atoms with Gasteiger partial charge in [-0.15, -0.1) is 25.7 Å². The number of fused-ring (bicyclic) bond motifs is 4. The minimum Gasteiger partial charge on any atom is -1.00 e. The Balaban J connectivity index is 0.000000339. The molecule has 7 aliphatic rings. The summed E-state index contributed by atoms with van der Waals surface area (Å²) in [7, 11) is 0. The zero-order valence-corrected chi connectivity index (χ0v) is 84.9. The Bertz CT molecular complexity index is 5610. The van der Waals surface area contributed by atoms with Crippen molar-refractivity contribution in [1.29, 1.82) is 0 Å². The average Bonchev–Trinajstić information content (AvgIpc) is 1.54. The number of ketones is 3. The van der Waals surface area contributed by atoms with Crippen LogP contribution in [0.4, 0.5) is 21.2 Å². The van der Waals surface area contributed by atoms with Crippen molar-refractivity contribution < 1.29 is 108 Å². The third-order valence-corrected chi connectivity index (χ3v) is 23.3. The number of aliphatic carboxylic acids is 2. The van der Waals surface area contributed by atoms with Crippen LogP contribution < -0.4 is 46.3 Å². The van der Waals surface area contributed by atoms with Crippen LogP contribution in [0.15, 0.2) is 113 Å². The second kappa shape index (κ2) is 54.5. The molecule has 4 aliphatic heterocycles. The molecule has 3 aliphatic carbocycles. The first-order valence-electron chi connectivity index (χ1n) is 41.2. The summed E-state index contributed by atoms with van der Waals surface area (Å²) in [5, 5.41) is 46.6. The van der Waals surface area contributed by atoms with E-state index in [1.165, 1.54) is 34.2 Å². The van der Waals surface area contributed by atoms with E-state index in [2.05, 4.69) is 174 Å². The van der Waals surface area contributed by atoms with Crippen molar-refractivity contribution >= 4 is 144 Å². The van der Waals surface area contributed by atoms with Gasteiger partial charge in [-0.1, -0.05) is 92.7 Å². The molecule has 14 rings (SSSR count). The van der Waals surface area contributed by atoms with Gasteiger partial charge in [0.25, 0.3) is 0 Å². The number of likely N-dealkylation sites (tertiary alicyclic amines) is 2. The van der Waals surface area contributed by atoms with Crippen LogP contribution in [0.3, 0.4) is 0 Å². The molecular formula is C90H108Br5N22NaO16. The molecular weight excluding hydrogens is 2070 g/mol. The molecule has 0 spiro atoms. The Labute approximate surface area is 842 Å². The molecule has 0 radical (unpaired) electrons. The number of benzene rings is 1. The number of nitrogens with zero attached hydrogens (tertiary/aromatic N) is 19. The third kappa shape index (κ3) is 34.5. The van der Waals surface area contributed by atoms with Gasteiger partial charge < -0.3 is 62.0 Å². The number of aliphatic hydroxyl groups is 1. The number of nitrogen functional groups attached to an aromatic ring is 2. The number of aliphatic hydroxyl groups excluding tert-OH is 1. The van der Waals surface area contributed by atoms with Crippen LogP contribution in [0.5, 0.6) is 0 Å². The second-order valence-corrected chi connectivity index (χ2v) is 37.0. The first-order valence-corrected chi connectivity index (χ1v) is 45.5. The maximum absolute atomic E-state index is 13.4. The number of carbonyl (C=O) groups excluding carboxylic acids is 5. The van der Waals surface area contributed by atoms with Gasteiger partial charge in [-0.3, -0.25) is 33.7 Å². The van der Waals surface area contributed by atoms with Gasteiger partial charge in [0.15, 0.2) is 17.3 Å². The molecule has 2 amide bonds. The van der Waals surface area contributed by atoms with Crippen molar-refractivity contribution in [2.75, 3.05) is 69.5 Å². The summed E-state index contributed by atoms with van der Waals surface area (Å²) in [5.74, 6) is 8.74. The Morgan fingerprint density at radius 2 is 1.04 bits per heavy atom. The van der Waals surface area contributed by atoms with Crippen LogP contribution in [0.1, 0.15) is 159 Å². The van der Waals surface area contributed by atoms with Crippen molar-refractivity contribution in [3.8, 4) is 60.5 Å². The average molecular weight is 2180 g/mol. The molecule has 4 saturated heterocycles. The number of nitrogens with two attached hydrogens (primary N) is 2. The van der Waals surface area contributed by atoms with E-state index >= 15 is 0 Å². The Hall–Kier alpha value is -10.2. The van der Waals surface area contributed by atoms with Crippen molar-refractivity contribution in [3.05, 3.63) is 174 Å². The number of alkyl halides is 1. The number of carbonyl (C=O) groups is 7. The first kappa shape index (κ1) is 114. The predicted octanol–water partition coefficient (Wildman–Crippen LogP) is 13.0. The number of pyridine rings is 4. The van der Waals surface area contributed by atoms with E-state index in [4.69, 9.17) is 92.4 Å². The molecule has 38 nitrogen and oxygen atoms in total. The standard InChI is InChI=1S/C22H26BrN5O4.C17H18BrN5O2.C16H14N4O3.C12H18N4O4.C9H9BrN2O.C6H7BrN2O.C4H8O.C3H3Br.CH4.Na.H/c1-5-8-31-12-14-6-7-19(23)26-15(14)9-17(29)16-10-22(13-25-27-24)11-18(22)28(16)20(30)32-21(2,3)4;1-2-5-25-9-11-3-4-16(18)22-12(11)6-14(24)13-7-17(10-20-23-19)8-15(17)21-13;1-9(21)16-13-5-11(12-6-17-10(2)18-7-12)3-4-14(13)20(19-16)8-15(22)23;1-11(2,3)20-10(19)16-7(9(17)18)4-12(5-8(12)16)6-14-15-13;1-2-5-13-6-7-3-4-8(10)12-9(7)11;7-5-2-1-4(3-10)6(8)9-5;1-2-4-5-3-1;1-2-3-4;;;/h1,6-7,16,18H,8-13H2,2-4H3;1,3-4,13,15,21H,5-10H2;3-7H,8H2,1-2H3,(H,22,23);7-8H,4-6H2,1-3H3,(H,17,18);1,3-4H,5-6H2,(H2,11,12);1-2,10H,3H2,(H2,8,9);1-4H2;1H,3H2;1H4;;/q;;;;;;;;;+1;-1/t16-,18+,22-;13-,15+,17-;;7-,8+,12-;;;;;;;/m00.0......./s1. The number of aromatic nitrogens is 8. The predicted molar refractivity (Wildman–Crippen MR) is 516 cm³/mol. The number of halogens is 5. The minimum atomic E-state index is -1.05. The van der Waals surface area contributed by atoms with E-state index in [-0.39, 0.29) is 167 Å². The maximum atomic E-state index is 13.4. The summed E-state index contributed by atoms with van der Waals surface area (Å²) < 4.78 is 35.7. The molecule has 44 heteroatoms. The summed E-state index contributed by atoms with van der Waals surface area (Å²) >= 11 is 16.1. The van der Waals surface area contributed by atoms with Crippen molar-refractivity contribution in [2.45, 2.75) is 207 Å². The number of rotatable bonds is 27. The molecule has 0 unspecified atom stereocenters. The van der Waals surface area contributed by atoms with Crippen LogP contribution in [0, 0.1) is 72.5 Å². The molecule has 8 N–H and O–H groups in total. The van der Waals surface area contributed by atoms with Gasteiger partial charge in [0.2, 0.25) is 0 Å². The number of ether oxygens (including phenoxy) is 6. The van der Waals surface area contributed by atoms with Crippen LogP contribution in [-0.2, 0) is 93.4 Å². The topological polar surface area (TPSA) is 548 Å². The smallest absolute Gasteiger partial charge is 1.00 e. The fourth-order valence-corrected chi connectivity index (χ4v) is 16.1. The zero-order chi connectivity index (χ0) is 97.3. The van der Waals surface area contributed by atoms with Gasteiger partial charge in [0.05, 0.1) is 73.6 Å². The number of azide groups is 3. The number of hydrogen-bond acceptors (Lipinski definition) is 27. The molecule has 710 valence electrons. The molecule has 134 heavy (non-hydrogen) atoms. The Kier molecular flexibility index (Phi) is 46.5. The van der Waals surface area contributed by atoms with Gasteiger partial charge in [0, 0.05) is 118 Å². The summed E-state index contributed by atoms with van der Waals surface area (Å²) in [6.07, 6.45) is 29.1. The Morgan fingerprint density at radius 3 is 1.46 bits per heavy atom. The number of nitrogens with one attached hydrogen (secondary N) is 1. The van der Waals surface area contributed by atoms with Gasteiger partial charge in [-0.05, 0) is 239 Å². The minimum absolute atomic E-state index is 0. The maximum Gasteiger partial charge on any atom is 1.00 e. The first-order chi connectivity index (χ1) is 62.7. The van der Waals surface area contributed by atoms with E-state index in [1.54, 1.807) is 85.1 Å². The summed E-state index contributed by atoms with van der Waals surface area (Å²) in [6.45, 7) is 17.9. The molecule has 7 aromatic rings. The van der Waals surface area contributed by atoms with Crippen molar-refractivity contribution in [3.63, 3.8) is 0 Å². The van der Waals surface area contributed by atoms with E-state index in [1.807, 2.05) is 42.5 Å². The van der Waals surface area contributed by atoms with E-state index in [9.17, 15) is 38.7 Å². The van der Waals surface area contributed by atoms with Gasteiger partial charge in [-0.25, -0.2) is 44.3 Å². The van der Waals surface area contributed by atoms with Gasteiger partial charge in [-0.2, -0.15) is 5.10 Å². The molecule has 10 heterocycles. The summed E-state index contributed by atoms with van der Waals surface area (Å²) in [6, 6.07) is 17.9. The molecule has 6 aromatic heterocycles. The number of anilines is 2. The number of carboxylic acid groups (broad SMARTS) is 2. The largest absolute Gasteiger partial charge is 1.00 e. The van der Waals surface area contributed by atoms with E-state index in [0.717, 1.165) is 47.5 Å². The number of hydrogen-bond donors (Lipinski definition) is 6. The second-order valence-electron chi connectivity index (χ2n) is 33.2. The SMILES string of the molecule is C.C#CCBr.C#CCOCc1ccc(Br)nc1CC(=O)[C@@H]1C[C@@]2(CN=[N+]=[N-])C[C@H]2N1.C#CCOCc1ccc(Br)nc1CC(=O)[C@@H]1C[C@@]2(CN=[N+]=[N-])C[C@H]2N1C(=O)OC(C)(C)C.C#CCOCc1ccc(Br)nc1N.C1CCOC1.CC(=O)c1nn(CC(=O)O)c2ccc(-c3cnc(C)nc3)cc12.CC(C)(C)OC(=O)N1[C@H](C(=O)O)C[C@@]2(CN=[N+]=[N-])C[C@@H]12.Nc1nc(Br)ccc1CO.[H-].[Na+]. The normalized spacial score (nSPS) is 19.8. The van der Waals surface area contributed by atoms with Crippen molar-refractivity contribution in [1.82, 2.24) is 54.8 Å². The molecule has 7 fully saturated rings. The van der Waals surface area contributed by atoms with Crippen LogP contribution in [0.25, 0.3) is 53.4 Å². The fourth-order valence-electron chi connectivity index (χ4n) is 14.8. The number of aryl methyl sites for hydroxylation is 1. The van der Waals surface area contributed by atoms with Crippen LogP contribution >= 0.6 is 79.6 Å². The quantitative estimate of drug-likeness (QED) is 0.00320. The fraction of sp³-hybridized carbons (Fsp3) is 0.489. The molecule has 3 saturated carbocycles. The van der Waals surface area contributed by atoms with Crippen LogP contribution in [-0.4, -0.2) is 212 Å².